The molecule has 2 aromatic carbocycles. The average Bonchev–Trinajstić information content (AvgIpc) is 2.83. The highest BCUT2D eigenvalue weighted by atomic mass is 19.1. The molecule has 0 spiro atoms. The maximum atomic E-state index is 13.4. The van der Waals surface area contributed by atoms with Crippen molar-refractivity contribution >= 4 is 17.8 Å². The second kappa shape index (κ2) is 12.4. The number of carboxylic acids is 2. The molecule has 1 amide bonds. The lowest BCUT2D eigenvalue weighted by Gasteiger charge is -2.35. The van der Waals surface area contributed by atoms with Gasteiger partial charge >= 0.3 is 11.9 Å². The van der Waals surface area contributed by atoms with E-state index in [4.69, 9.17) is 34.0 Å². The fraction of sp³-hybridized carbons (Fsp3) is 0.348. The molecule has 0 aliphatic carbocycles. The molecule has 1 heterocycles. The van der Waals surface area contributed by atoms with Crippen molar-refractivity contribution in [3.8, 4) is 17.2 Å². The maximum Gasteiger partial charge on any atom is 0.414 e. The van der Waals surface area contributed by atoms with Crippen LogP contribution in [0, 0.1) is 5.82 Å². The Labute approximate surface area is 196 Å². The van der Waals surface area contributed by atoms with E-state index in [0.29, 0.717) is 42.4 Å². The van der Waals surface area contributed by atoms with E-state index in [1.165, 1.54) is 12.1 Å². The third-order valence-electron chi connectivity index (χ3n) is 5.04. The smallest absolute Gasteiger partial charge is 0.414 e. The lowest BCUT2D eigenvalue weighted by atomic mass is 10.1. The topological polar surface area (TPSA) is 126 Å². The van der Waals surface area contributed by atoms with Crippen molar-refractivity contribution in [1.82, 2.24) is 9.80 Å². The molecule has 3 rings (SSSR count). The second-order valence-corrected chi connectivity index (χ2v) is 7.22. The zero-order valence-electron chi connectivity index (χ0n) is 19.1. The standard InChI is InChI=1S/C21H25FN2O4.C2H2O4/c1-26-18-11-15(12-19(27-2)20(18)28-3)14-23-7-9-24(10-8-23)21(25)16-5-4-6-17(22)13-16;3-1(4)2(5)6/h4-6,11-13H,7-10,14H2,1-3H3;(H,3,4)(H,5,6). The van der Waals surface area contributed by atoms with Crippen LogP contribution in [0.5, 0.6) is 17.2 Å². The number of benzene rings is 2. The zero-order chi connectivity index (χ0) is 25.3. The molecule has 11 heteroatoms. The Morgan fingerprint density at radius 1 is 0.882 bits per heavy atom. The Balaban J connectivity index is 0.000000604. The van der Waals surface area contributed by atoms with E-state index in [2.05, 4.69) is 4.90 Å². The summed E-state index contributed by atoms with van der Waals surface area (Å²) in [5, 5.41) is 14.8. The molecule has 1 aliphatic heterocycles. The molecule has 2 aromatic rings. The quantitative estimate of drug-likeness (QED) is 0.599. The van der Waals surface area contributed by atoms with Gasteiger partial charge in [0.25, 0.3) is 5.91 Å². The van der Waals surface area contributed by atoms with E-state index < -0.39 is 17.8 Å². The normalized spacial score (nSPS) is 13.4. The zero-order valence-corrected chi connectivity index (χ0v) is 19.1. The minimum atomic E-state index is -1.82. The molecule has 0 bridgehead atoms. The van der Waals surface area contributed by atoms with Crippen LogP contribution in [-0.4, -0.2) is 85.4 Å². The molecule has 2 N–H and O–H groups in total. The summed E-state index contributed by atoms with van der Waals surface area (Å²) in [5.41, 5.74) is 1.43. The molecular formula is C23H27FN2O8. The number of carbonyl (C=O) groups is 3. The van der Waals surface area contributed by atoms with Gasteiger partial charge in [-0.3, -0.25) is 9.69 Å². The first kappa shape index (κ1) is 26.4. The van der Waals surface area contributed by atoms with Gasteiger partial charge < -0.3 is 29.3 Å². The van der Waals surface area contributed by atoms with Gasteiger partial charge in [-0.2, -0.15) is 0 Å². The van der Waals surface area contributed by atoms with Gasteiger partial charge in [0.1, 0.15) is 5.82 Å². The van der Waals surface area contributed by atoms with E-state index in [9.17, 15) is 9.18 Å². The number of piperazine rings is 1. The van der Waals surface area contributed by atoms with Crippen LogP contribution >= 0.6 is 0 Å². The molecule has 1 aliphatic rings. The third-order valence-corrected chi connectivity index (χ3v) is 5.04. The molecular weight excluding hydrogens is 451 g/mol. The first-order chi connectivity index (χ1) is 16.2. The monoisotopic (exact) mass is 478 g/mol. The summed E-state index contributed by atoms with van der Waals surface area (Å²) in [6, 6.07) is 9.70. The Kier molecular flexibility index (Phi) is 9.62. The lowest BCUT2D eigenvalue weighted by molar-refractivity contribution is -0.159. The molecule has 0 radical (unpaired) electrons. The van der Waals surface area contributed by atoms with E-state index in [0.717, 1.165) is 18.7 Å². The summed E-state index contributed by atoms with van der Waals surface area (Å²) in [5.74, 6) is -2.36. The molecule has 1 saturated heterocycles. The number of halogens is 1. The number of nitrogens with zero attached hydrogens (tertiary/aromatic N) is 2. The van der Waals surface area contributed by atoms with Gasteiger partial charge in [0, 0.05) is 38.3 Å². The molecule has 0 saturated carbocycles. The molecule has 0 aromatic heterocycles. The number of ether oxygens (including phenoxy) is 3. The number of carboxylic acid groups (broad SMARTS) is 2. The second-order valence-electron chi connectivity index (χ2n) is 7.22. The van der Waals surface area contributed by atoms with Gasteiger partial charge in [-0.05, 0) is 35.9 Å². The molecule has 0 atom stereocenters. The third kappa shape index (κ3) is 7.07. The summed E-state index contributed by atoms with van der Waals surface area (Å²) in [7, 11) is 4.77. The number of hydrogen-bond acceptors (Lipinski definition) is 7. The first-order valence-electron chi connectivity index (χ1n) is 10.2. The highest BCUT2D eigenvalue weighted by Gasteiger charge is 2.23. The van der Waals surface area contributed by atoms with Gasteiger partial charge in [0.05, 0.1) is 21.3 Å². The molecule has 184 valence electrons. The van der Waals surface area contributed by atoms with Crippen LogP contribution in [0.1, 0.15) is 15.9 Å². The van der Waals surface area contributed by atoms with E-state index >= 15 is 0 Å². The van der Waals surface area contributed by atoms with Crippen molar-refractivity contribution < 1.29 is 43.2 Å². The van der Waals surface area contributed by atoms with Crippen LogP contribution in [0.2, 0.25) is 0 Å². The number of amides is 1. The Morgan fingerprint density at radius 2 is 1.44 bits per heavy atom. The summed E-state index contributed by atoms with van der Waals surface area (Å²) in [6.45, 7) is 3.37. The van der Waals surface area contributed by atoms with E-state index in [1.54, 1.807) is 38.4 Å². The minimum absolute atomic E-state index is 0.132. The summed E-state index contributed by atoms with van der Waals surface area (Å²) in [4.78, 5) is 34.8. The van der Waals surface area contributed by atoms with E-state index in [1.807, 2.05) is 12.1 Å². The Hall–Kier alpha value is -3.86. The summed E-state index contributed by atoms with van der Waals surface area (Å²) < 4.78 is 29.5. The van der Waals surface area contributed by atoms with Gasteiger partial charge in [0.2, 0.25) is 5.75 Å². The van der Waals surface area contributed by atoms with Crippen molar-refractivity contribution in [1.29, 1.82) is 0 Å². The van der Waals surface area contributed by atoms with Gasteiger partial charge in [-0.25, -0.2) is 14.0 Å². The average molecular weight is 478 g/mol. The van der Waals surface area contributed by atoms with Crippen molar-refractivity contribution in [2.45, 2.75) is 6.54 Å². The maximum absolute atomic E-state index is 13.4. The molecule has 1 fully saturated rings. The predicted octanol–water partition coefficient (Wildman–Crippen LogP) is 1.97. The lowest BCUT2D eigenvalue weighted by Crippen LogP contribution is -2.48. The Morgan fingerprint density at radius 3 is 1.88 bits per heavy atom. The number of hydrogen-bond donors (Lipinski definition) is 2. The number of carbonyl (C=O) groups excluding carboxylic acids is 1. The van der Waals surface area contributed by atoms with Crippen molar-refractivity contribution in [2.24, 2.45) is 0 Å². The number of methoxy groups -OCH3 is 3. The highest BCUT2D eigenvalue weighted by molar-refractivity contribution is 6.27. The van der Waals surface area contributed by atoms with Crippen molar-refractivity contribution in [2.75, 3.05) is 47.5 Å². The van der Waals surface area contributed by atoms with Crippen LogP contribution in [0.15, 0.2) is 36.4 Å². The number of rotatable bonds is 6. The summed E-state index contributed by atoms with van der Waals surface area (Å²) >= 11 is 0. The highest BCUT2D eigenvalue weighted by Crippen LogP contribution is 2.38. The SMILES string of the molecule is COc1cc(CN2CCN(C(=O)c3cccc(F)c3)CC2)cc(OC)c1OC.O=C(O)C(=O)O. The Bertz CT molecular complexity index is 985. The van der Waals surface area contributed by atoms with Crippen LogP contribution in [0.25, 0.3) is 0 Å². The predicted molar refractivity (Wildman–Crippen MR) is 119 cm³/mol. The van der Waals surface area contributed by atoms with Crippen LogP contribution < -0.4 is 14.2 Å². The van der Waals surface area contributed by atoms with Gasteiger partial charge in [-0.1, -0.05) is 6.07 Å². The molecule has 0 unspecified atom stereocenters. The fourth-order valence-corrected chi connectivity index (χ4v) is 3.40. The van der Waals surface area contributed by atoms with Crippen molar-refractivity contribution in [3.63, 3.8) is 0 Å². The number of aliphatic carboxylic acids is 2. The van der Waals surface area contributed by atoms with Crippen LogP contribution in [0.3, 0.4) is 0 Å². The fourth-order valence-electron chi connectivity index (χ4n) is 3.40. The molecule has 10 nitrogen and oxygen atoms in total. The van der Waals surface area contributed by atoms with Gasteiger partial charge in [-0.15, -0.1) is 0 Å². The molecule has 34 heavy (non-hydrogen) atoms. The largest absolute Gasteiger partial charge is 0.493 e. The van der Waals surface area contributed by atoms with Crippen LogP contribution in [-0.2, 0) is 16.1 Å². The van der Waals surface area contributed by atoms with Crippen LogP contribution in [0.4, 0.5) is 4.39 Å². The van der Waals surface area contributed by atoms with E-state index in [-0.39, 0.29) is 5.91 Å². The summed E-state index contributed by atoms with van der Waals surface area (Å²) in [6.07, 6.45) is 0. The first-order valence-corrected chi connectivity index (χ1v) is 10.2. The van der Waals surface area contributed by atoms with Crippen molar-refractivity contribution in [3.05, 3.63) is 53.3 Å². The van der Waals surface area contributed by atoms with Gasteiger partial charge in [0.15, 0.2) is 11.5 Å². The minimum Gasteiger partial charge on any atom is -0.493 e.